The molecule has 1 aromatic heterocycles. The molecule has 0 amide bonds. The summed E-state index contributed by atoms with van der Waals surface area (Å²) in [6.45, 7) is 2.26. The Hall–Kier alpha value is -3.04. The quantitative estimate of drug-likeness (QED) is 0.831. The molecule has 1 aliphatic carbocycles. The van der Waals surface area contributed by atoms with E-state index < -0.39 is 18.0 Å². The van der Waals surface area contributed by atoms with Gasteiger partial charge in [0.05, 0.1) is 13.7 Å². The Morgan fingerprint density at radius 1 is 1.28 bits per heavy atom. The first-order chi connectivity index (χ1) is 13.8. The van der Waals surface area contributed by atoms with E-state index in [0.717, 1.165) is 4.68 Å². The Kier molecular flexibility index (Phi) is 4.71. The summed E-state index contributed by atoms with van der Waals surface area (Å²) in [7, 11) is 1.48. The molecule has 2 aliphatic rings. The lowest BCUT2D eigenvalue weighted by atomic mass is 9.85. The number of nitrogens with one attached hydrogen (secondary N) is 1. The molecule has 0 saturated heterocycles. The number of benzene rings is 1. The Labute approximate surface area is 164 Å². The summed E-state index contributed by atoms with van der Waals surface area (Å²) < 4.78 is 51.7. The van der Waals surface area contributed by atoms with Gasteiger partial charge in [0, 0.05) is 17.7 Å². The number of ether oxygens (including phenoxy) is 2. The predicted octanol–water partition coefficient (Wildman–Crippen LogP) is 3.73. The monoisotopic (exact) mass is 408 g/mol. The number of hydrogen-bond acceptors (Lipinski definition) is 6. The van der Waals surface area contributed by atoms with Crippen molar-refractivity contribution < 1.29 is 27.4 Å². The number of aromatic nitrogens is 3. The van der Waals surface area contributed by atoms with Crippen molar-refractivity contribution in [2.75, 3.05) is 19.0 Å². The number of fused-ring (bicyclic) bond motifs is 1. The highest BCUT2D eigenvalue weighted by Gasteiger charge is 2.42. The third-order valence-electron chi connectivity index (χ3n) is 4.92. The summed E-state index contributed by atoms with van der Waals surface area (Å²) in [5, 5.41) is 6.55. The Morgan fingerprint density at radius 3 is 2.76 bits per heavy atom. The third-order valence-corrected chi connectivity index (χ3v) is 4.92. The molecule has 0 unspecified atom stereocenters. The molecule has 4 rings (SSSR count). The van der Waals surface area contributed by atoms with Crippen LogP contribution in [0.15, 0.2) is 29.5 Å². The Balaban J connectivity index is 1.88. The number of Topliss-reactive ketones (excluding diaryl/α,β-unsaturated/α-hetero) is 1. The number of rotatable bonds is 4. The summed E-state index contributed by atoms with van der Waals surface area (Å²) in [5.74, 6) is -0.484. The molecule has 0 spiro atoms. The Morgan fingerprint density at radius 2 is 2.07 bits per heavy atom. The van der Waals surface area contributed by atoms with E-state index in [-0.39, 0.29) is 11.7 Å². The van der Waals surface area contributed by atoms with Gasteiger partial charge in [0.25, 0.3) is 5.82 Å². The first-order valence-corrected chi connectivity index (χ1v) is 9.21. The summed E-state index contributed by atoms with van der Waals surface area (Å²) >= 11 is 0. The van der Waals surface area contributed by atoms with Crippen LogP contribution in [0.3, 0.4) is 0 Å². The second-order valence-corrected chi connectivity index (χ2v) is 6.74. The van der Waals surface area contributed by atoms with E-state index in [1.807, 2.05) is 6.92 Å². The van der Waals surface area contributed by atoms with Gasteiger partial charge < -0.3 is 14.8 Å². The second-order valence-electron chi connectivity index (χ2n) is 6.74. The number of carbonyl (C=O) groups is 1. The molecule has 0 radical (unpaired) electrons. The molecule has 1 aliphatic heterocycles. The van der Waals surface area contributed by atoms with Crippen LogP contribution >= 0.6 is 0 Å². The molecule has 0 saturated carbocycles. The highest BCUT2D eigenvalue weighted by atomic mass is 19.4. The van der Waals surface area contributed by atoms with Crippen molar-refractivity contribution in [1.82, 2.24) is 14.8 Å². The Bertz CT molecular complexity index is 997. The zero-order valence-electron chi connectivity index (χ0n) is 15.8. The largest absolute Gasteiger partial charge is 0.493 e. The van der Waals surface area contributed by atoms with E-state index in [1.54, 1.807) is 18.2 Å². The first kappa shape index (κ1) is 19.3. The molecule has 1 aromatic carbocycles. The van der Waals surface area contributed by atoms with Crippen molar-refractivity contribution >= 4 is 11.7 Å². The average molecular weight is 408 g/mol. The number of halogens is 3. The highest BCUT2D eigenvalue weighted by Crippen LogP contribution is 2.43. The molecule has 2 heterocycles. The van der Waals surface area contributed by atoms with E-state index in [1.165, 1.54) is 7.11 Å². The molecule has 0 bridgehead atoms. The maximum atomic E-state index is 13.2. The van der Waals surface area contributed by atoms with Crippen molar-refractivity contribution in [3.8, 4) is 11.5 Å². The van der Waals surface area contributed by atoms with Gasteiger partial charge in [-0.1, -0.05) is 6.07 Å². The molecule has 0 fully saturated rings. The molecular formula is C19H19F3N4O3. The van der Waals surface area contributed by atoms with E-state index in [0.29, 0.717) is 54.2 Å². The number of allylic oxidation sites excluding steroid dienone is 2. The highest BCUT2D eigenvalue weighted by molar-refractivity contribution is 5.99. The van der Waals surface area contributed by atoms with Crippen molar-refractivity contribution in [3.05, 3.63) is 40.9 Å². The van der Waals surface area contributed by atoms with Crippen LogP contribution in [0, 0.1) is 0 Å². The van der Waals surface area contributed by atoms with Gasteiger partial charge >= 0.3 is 6.18 Å². The van der Waals surface area contributed by atoms with Crippen molar-refractivity contribution in [2.45, 2.75) is 38.4 Å². The lowest BCUT2D eigenvalue weighted by Crippen LogP contribution is -2.31. The van der Waals surface area contributed by atoms with Gasteiger partial charge in [-0.05, 0) is 37.5 Å². The van der Waals surface area contributed by atoms with Gasteiger partial charge in [0.15, 0.2) is 17.3 Å². The average Bonchev–Trinajstić information content (AvgIpc) is 3.11. The van der Waals surface area contributed by atoms with Crippen LogP contribution in [0.2, 0.25) is 0 Å². The van der Waals surface area contributed by atoms with Crippen LogP contribution in [0.1, 0.15) is 43.6 Å². The van der Waals surface area contributed by atoms with E-state index in [4.69, 9.17) is 9.47 Å². The first-order valence-electron chi connectivity index (χ1n) is 9.21. The number of hydrogen-bond donors (Lipinski definition) is 1. The zero-order chi connectivity index (χ0) is 20.8. The lowest BCUT2D eigenvalue weighted by Gasteiger charge is -2.32. The number of anilines is 1. The fourth-order valence-electron chi connectivity index (χ4n) is 3.71. The smallest absolute Gasteiger partial charge is 0.453 e. The molecule has 1 N–H and O–H groups in total. The van der Waals surface area contributed by atoms with Crippen LogP contribution in [-0.4, -0.2) is 34.3 Å². The van der Waals surface area contributed by atoms with Crippen LogP contribution in [0.25, 0.3) is 0 Å². The van der Waals surface area contributed by atoms with Crippen LogP contribution in [-0.2, 0) is 11.0 Å². The predicted molar refractivity (Wildman–Crippen MR) is 96.8 cm³/mol. The van der Waals surface area contributed by atoms with Crippen molar-refractivity contribution in [3.63, 3.8) is 0 Å². The minimum Gasteiger partial charge on any atom is -0.493 e. The number of methoxy groups -OCH3 is 1. The zero-order valence-corrected chi connectivity index (χ0v) is 15.8. The molecule has 1 atom stereocenters. The molecule has 29 heavy (non-hydrogen) atoms. The molecule has 10 heteroatoms. The summed E-state index contributed by atoms with van der Waals surface area (Å²) in [4.78, 5) is 16.3. The van der Waals surface area contributed by atoms with Crippen LogP contribution < -0.4 is 14.8 Å². The SMILES string of the molecule is CCOc1ccc([C@@H]2C3=C(CCCC3=O)Nc3nc(C(F)(F)F)nn32)cc1OC. The van der Waals surface area contributed by atoms with E-state index in [9.17, 15) is 18.0 Å². The van der Waals surface area contributed by atoms with Gasteiger partial charge in [0.1, 0.15) is 6.04 Å². The second kappa shape index (κ2) is 7.09. The molecular weight excluding hydrogens is 389 g/mol. The normalized spacial score (nSPS) is 18.8. The minimum atomic E-state index is -4.70. The van der Waals surface area contributed by atoms with Crippen LogP contribution in [0.5, 0.6) is 11.5 Å². The van der Waals surface area contributed by atoms with E-state index >= 15 is 0 Å². The fourth-order valence-corrected chi connectivity index (χ4v) is 3.71. The van der Waals surface area contributed by atoms with Crippen molar-refractivity contribution in [1.29, 1.82) is 0 Å². The fraction of sp³-hybridized carbons (Fsp3) is 0.421. The summed E-state index contributed by atoms with van der Waals surface area (Å²) in [5.41, 5.74) is 1.57. The van der Waals surface area contributed by atoms with Gasteiger partial charge in [-0.3, -0.25) is 4.79 Å². The summed E-state index contributed by atoms with van der Waals surface area (Å²) in [6.07, 6.45) is -3.18. The van der Waals surface area contributed by atoms with Gasteiger partial charge in [-0.2, -0.15) is 18.2 Å². The van der Waals surface area contributed by atoms with Crippen LogP contribution in [0.4, 0.5) is 19.1 Å². The summed E-state index contributed by atoms with van der Waals surface area (Å²) in [6, 6.07) is 4.21. The van der Waals surface area contributed by atoms with E-state index in [2.05, 4.69) is 15.4 Å². The number of nitrogens with zero attached hydrogens (tertiary/aromatic N) is 3. The van der Waals surface area contributed by atoms with Crippen molar-refractivity contribution in [2.24, 2.45) is 0 Å². The minimum absolute atomic E-state index is 0.0383. The van der Waals surface area contributed by atoms with Gasteiger partial charge in [-0.15, -0.1) is 5.10 Å². The van der Waals surface area contributed by atoms with Gasteiger partial charge in [0.2, 0.25) is 5.95 Å². The topological polar surface area (TPSA) is 78.3 Å². The maximum Gasteiger partial charge on any atom is 0.453 e. The lowest BCUT2D eigenvalue weighted by molar-refractivity contribution is -0.145. The molecule has 2 aromatic rings. The number of alkyl halides is 3. The molecule has 7 nitrogen and oxygen atoms in total. The number of ketones is 1. The van der Waals surface area contributed by atoms with Gasteiger partial charge in [-0.25, -0.2) is 4.68 Å². The molecule has 154 valence electrons. The standard InChI is InChI=1S/C19H19F3N4O3/c1-3-29-13-8-7-10(9-14(13)28-2)16-15-11(5-4-6-12(15)27)23-18-24-17(19(20,21)22)25-26(16)18/h7-9,16H,3-6H2,1-2H3,(H,23,24,25)/t16-/m1/s1. The maximum absolute atomic E-state index is 13.2. The third kappa shape index (κ3) is 3.32. The number of carbonyl (C=O) groups excluding carboxylic acids is 1.